The van der Waals surface area contributed by atoms with Crippen molar-refractivity contribution >= 4 is 17.2 Å². The van der Waals surface area contributed by atoms with E-state index in [1.165, 1.54) is 5.56 Å². The third kappa shape index (κ3) is 2.88. The summed E-state index contributed by atoms with van der Waals surface area (Å²) in [6.45, 7) is 3.02. The lowest BCUT2D eigenvalue weighted by Crippen LogP contribution is -2.33. The number of carbonyl (C=O) groups is 1. The van der Waals surface area contributed by atoms with Gasteiger partial charge in [-0.25, -0.2) is 9.97 Å². The van der Waals surface area contributed by atoms with Crippen LogP contribution in [0.3, 0.4) is 0 Å². The van der Waals surface area contributed by atoms with Gasteiger partial charge in [-0.15, -0.1) is 0 Å². The van der Waals surface area contributed by atoms with Crippen molar-refractivity contribution in [3.8, 4) is 0 Å². The van der Waals surface area contributed by atoms with Gasteiger partial charge in [0.2, 0.25) is 0 Å². The summed E-state index contributed by atoms with van der Waals surface area (Å²) in [5.41, 5.74) is 4.26. The third-order valence-corrected chi connectivity index (χ3v) is 5.37. The molecule has 0 unspecified atom stereocenters. The quantitative estimate of drug-likeness (QED) is 0.848. The summed E-state index contributed by atoms with van der Waals surface area (Å²) < 4.78 is 5.52. The molecule has 4 rings (SSSR count). The first-order valence-electron chi connectivity index (χ1n) is 8.05. The van der Waals surface area contributed by atoms with E-state index < -0.39 is 0 Å². The van der Waals surface area contributed by atoms with Gasteiger partial charge in [-0.1, -0.05) is 0 Å². The Labute approximate surface area is 139 Å². The number of hydrogen-bond donors (Lipinski definition) is 0. The zero-order valence-corrected chi connectivity index (χ0v) is 13.7. The predicted octanol–water partition coefficient (Wildman–Crippen LogP) is 2.28. The first-order chi connectivity index (χ1) is 11.3. The molecule has 0 radical (unpaired) electrons. The van der Waals surface area contributed by atoms with Crippen molar-refractivity contribution in [3.63, 3.8) is 0 Å². The molecule has 1 amide bonds. The molecule has 23 heavy (non-hydrogen) atoms. The monoisotopic (exact) mass is 329 g/mol. The lowest BCUT2D eigenvalue weighted by atomic mass is 9.96. The van der Waals surface area contributed by atoms with Crippen molar-refractivity contribution in [2.75, 3.05) is 26.3 Å². The minimum atomic E-state index is 0.123. The molecule has 0 bridgehead atoms. The highest BCUT2D eigenvalue weighted by Gasteiger charge is 2.27. The number of ether oxygens (including phenoxy) is 1. The van der Waals surface area contributed by atoms with E-state index in [9.17, 15) is 4.79 Å². The lowest BCUT2D eigenvalue weighted by molar-refractivity contribution is 0.0763. The summed E-state index contributed by atoms with van der Waals surface area (Å²) in [6.07, 6.45) is 4.33. The average Bonchev–Trinajstić information content (AvgIpc) is 3.24. The molecule has 1 fully saturated rings. The van der Waals surface area contributed by atoms with Crippen LogP contribution in [0.1, 0.15) is 39.6 Å². The number of rotatable bonds is 2. The number of fused-ring (bicyclic) bond motifs is 1. The molecule has 2 aliphatic rings. The highest BCUT2D eigenvalue weighted by atomic mass is 32.1. The second-order valence-electron chi connectivity index (χ2n) is 6.05. The zero-order valence-electron chi connectivity index (χ0n) is 12.9. The molecule has 0 spiro atoms. The molecule has 6 heteroatoms. The summed E-state index contributed by atoms with van der Waals surface area (Å²) in [5.74, 6) is 0.503. The van der Waals surface area contributed by atoms with Gasteiger partial charge < -0.3 is 9.64 Å². The first-order valence-corrected chi connectivity index (χ1v) is 8.99. The molecule has 1 saturated heterocycles. The van der Waals surface area contributed by atoms with Crippen molar-refractivity contribution in [1.82, 2.24) is 14.9 Å². The molecule has 1 atom stereocenters. The van der Waals surface area contributed by atoms with Crippen molar-refractivity contribution in [2.24, 2.45) is 0 Å². The third-order valence-electron chi connectivity index (χ3n) is 4.69. The normalized spacial score (nSPS) is 21.0. The van der Waals surface area contributed by atoms with Gasteiger partial charge in [0.15, 0.2) is 0 Å². The number of thiophene rings is 1. The van der Waals surface area contributed by atoms with E-state index in [1.807, 2.05) is 21.7 Å². The Morgan fingerprint density at radius 1 is 1.30 bits per heavy atom. The molecule has 2 aliphatic heterocycles. The number of nitrogens with zero attached hydrogens (tertiary/aromatic N) is 3. The Morgan fingerprint density at radius 2 is 2.22 bits per heavy atom. The maximum Gasteiger partial charge on any atom is 0.254 e. The van der Waals surface area contributed by atoms with E-state index in [1.54, 1.807) is 17.7 Å². The summed E-state index contributed by atoms with van der Waals surface area (Å²) in [4.78, 5) is 23.5. The van der Waals surface area contributed by atoms with Crippen molar-refractivity contribution < 1.29 is 9.53 Å². The highest BCUT2D eigenvalue weighted by Crippen LogP contribution is 2.29. The van der Waals surface area contributed by atoms with E-state index >= 15 is 0 Å². The Hall–Kier alpha value is -1.79. The number of aromatic nitrogens is 2. The fourth-order valence-electron chi connectivity index (χ4n) is 3.43. The van der Waals surface area contributed by atoms with Gasteiger partial charge >= 0.3 is 0 Å². The number of amides is 1. The molecule has 0 saturated carbocycles. The molecule has 5 nitrogen and oxygen atoms in total. The number of hydrogen-bond acceptors (Lipinski definition) is 5. The molecular formula is C17H19N3O2S. The van der Waals surface area contributed by atoms with Crippen LogP contribution in [0.25, 0.3) is 0 Å². The smallest absolute Gasteiger partial charge is 0.254 e. The SMILES string of the molecule is O=C(c1ccsc1)N1CCc2ncnc([C@@H]3CCOC3)c2CC1. The Balaban J connectivity index is 1.56. The van der Waals surface area contributed by atoms with Crippen LogP contribution in [0.2, 0.25) is 0 Å². The molecule has 0 N–H and O–H groups in total. The molecule has 2 aromatic heterocycles. The van der Waals surface area contributed by atoms with E-state index in [0.29, 0.717) is 5.92 Å². The summed E-state index contributed by atoms with van der Waals surface area (Å²) in [6, 6.07) is 1.89. The van der Waals surface area contributed by atoms with Gasteiger partial charge in [0.05, 0.1) is 17.9 Å². The van der Waals surface area contributed by atoms with Crippen LogP contribution in [0, 0.1) is 0 Å². The molecular weight excluding hydrogens is 310 g/mol. The Bertz CT molecular complexity index is 696. The first kappa shape index (κ1) is 14.8. The van der Waals surface area contributed by atoms with Crippen molar-refractivity contribution in [1.29, 1.82) is 0 Å². The summed E-state index contributed by atoms with van der Waals surface area (Å²) in [7, 11) is 0. The van der Waals surface area contributed by atoms with Crippen molar-refractivity contribution in [3.05, 3.63) is 45.7 Å². The Kier molecular flexibility index (Phi) is 4.10. The van der Waals surface area contributed by atoms with Gasteiger partial charge in [-0.05, 0) is 29.9 Å². The second-order valence-corrected chi connectivity index (χ2v) is 6.83. The van der Waals surface area contributed by atoms with Crippen molar-refractivity contribution in [2.45, 2.75) is 25.2 Å². The standard InChI is InChI=1S/C17H19N3O2S/c21-17(13-4-8-23-10-13)20-5-1-14-15(2-6-20)18-11-19-16(14)12-3-7-22-9-12/h4,8,10-12H,1-3,5-7,9H2/t12-/m1/s1. The molecule has 2 aromatic rings. The summed E-state index contributed by atoms with van der Waals surface area (Å²) in [5, 5.41) is 3.87. The lowest BCUT2D eigenvalue weighted by Gasteiger charge is -2.19. The fourth-order valence-corrected chi connectivity index (χ4v) is 4.06. The average molecular weight is 329 g/mol. The minimum absolute atomic E-state index is 0.123. The van der Waals surface area contributed by atoms with Gasteiger partial charge in [0.1, 0.15) is 6.33 Å². The van der Waals surface area contributed by atoms with Crippen LogP contribution >= 0.6 is 11.3 Å². The topological polar surface area (TPSA) is 55.3 Å². The minimum Gasteiger partial charge on any atom is -0.381 e. The van der Waals surface area contributed by atoms with E-state index in [0.717, 1.165) is 62.5 Å². The highest BCUT2D eigenvalue weighted by molar-refractivity contribution is 7.08. The van der Waals surface area contributed by atoms with Gasteiger partial charge in [-0.3, -0.25) is 4.79 Å². The molecule has 4 heterocycles. The van der Waals surface area contributed by atoms with E-state index in [-0.39, 0.29) is 5.91 Å². The summed E-state index contributed by atoms with van der Waals surface area (Å²) >= 11 is 1.56. The maximum atomic E-state index is 12.6. The van der Waals surface area contributed by atoms with Crippen LogP contribution in [0.4, 0.5) is 0 Å². The molecule has 0 aliphatic carbocycles. The van der Waals surface area contributed by atoms with E-state index in [4.69, 9.17) is 4.74 Å². The van der Waals surface area contributed by atoms with Gasteiger partial charge in [0.25, 0.3) is 5.91 Å². The van der Waals surface area contributed by atoms with Gasteiger partial charge in [0, 0.05) is 43.1 Å². The van der Waals surface area contributed by atoms with Crippen LogP contribution < -0.4 is 0 Å². The van der Waals surface area contributed by atoms with E-state index in [2.05, 4.69) is 9.97 Å². The van der Waals surface area contributed by atoms with Crippen LogP contribution in [-0.4, -0.2) is 47.1 Å². The van der Waals surface area contributed by atoms with Gasteiger partial charge in [-0.2, -0.15) is 11.3 Å². The number of carbonyl (C=O) groups excluding carboxylic acids is 1. The zero-order chi connectivity index (χ0) is 15.6. The van der Waals surface area contributed by atoms with Crippen LogP contribution in [0.15, 0.2) is 23.2 Å². The molecule has 0 aromatic carbocycles. The predicted molar refractivity (Wildman–Crippen MR) is 87.8 cm³/mol. The van der Waals surface area contributed by atoms with Crippen LogP contribution in [0.5, 0.6) is 0 Å². The Morgan fingerprint density at radius 3 is 3.00 bits per heavy atom. The largest absolute Gasteiger partial charge is 0.381 e. The molecule has 120 valence electrons. The fraction of sp³-hybridized carbons (Fsp3) is 0.471. The van der Waals surface area contributed by atoms with Crippen LogP contribution in [-0.2, 0) is 17.6 Å². The second kappa shape index (κ2) is 6.37. The maximum absolute atomic E-state index is 12.6.